The van der Waals surface area contributed by atoms with Gasteiger partial charge in [0.2, 0.25) is 0 Å². The minimum atomic E-state index is -0.583. The second-order valence-corrected chi connectivity index (χ2v) is 1.63. The maximum atomic E-state index is 10.2. The Kier molecular flexibility index (Phi) is 2.84. The van der Waals surface area contributed by atoms with Gasteiger partial charge in [0, 0.05) is 0 Å². The fourth-order valence-corrected chi connectivity index (χ4v) is 0.266. The molecule has 0 aromatic carbocycles. The molecule has 0 aliphatic carbocycles. The average Bonchev–Trinajstić information content (AvgIpc) is 1.65. The van der Waals surface area contributed by atoms with E-state index in [2.05, 4.69) is 4.74 Å². The number of hydrogen-bond donors (Lipinski definition) is 1. The predicted molar refractivity (Wildman–Crippen MR) is 30.0 cm³/mol. The fourth-order valence-electron chi connectivity index (χ4n) is 0.266. The molecule has 0 bridgehead atoms. The van der Waals surface area contributed by atoms with Crippen molar-refractivity contribution in [2.45, 2.75) is 20.0 Å². The van der Waals surface area contributed by atoms with Crippen molar-refractivity contribution in [3.63, 3.8) is 0 Å². The normalized spacial score (nSPS) is 8.88. The lowest BCUT2D eigenvalue weighted by Crippen LogP contribution is -2.11. The lowest BCUT2D eigenvalue weighted by atomic mass is 10.5. The van der Waals surface area contributed by atoms with Gasteiger partial charge in [0.15, 0.2) is 0 Å². The zero-order valence-corrected chi connectivity index (χ0v) is 4.97. The summed E-state index contributed by atoms with van der Waals surface area (Å²) in [5, 5.41) is 6.40. The van der Waals surface area contributed by atoms with Crippen LogP contribution in [-0.4, -0.2) is 18.3 Å². The Labute approximate surface area is 48.2 Å². The van der Waals surface area contributed by atoms with Gasteiger partial charge >= 0.3 is 5.97 Å². The lowest BCUT2D eigenvalue weighted by Gasteiger charge is -2.01. The van der Waals surface area contributed by atoms with E-state index in [0.29, 0.717) is 6.21 Å². The molecule has 0 aliphatic heterocycles. The Balaban J connectivity index is 3.39. The van der Waals surface area contributed by atoms with Gasteiger partial charge in [-0.1, -0.05) is 0 Å². The van der Waals surface area contributed by atoms with E-state index < -0.39 is 5.97 Å². The minimum absolute atomic E-state index is 0.121. The topological polar surface area (TPSA) is 50.2 Å². The number of rotatable bonds is 2. The van der Waals surface area contributed by atoms with Crippen LogP contribution in [0, 0.1) is 5.41 Å². The summed E-state index contributed by atoms with van der Waals surface area (Å²) in [6, 6.07) is 0. The SMILES string of the molecule is CC(C)OC(=O)C=N. The molecule has 46 valence electrons. The molecule has 0 unspecified atom stereocenters. The van der Waals surface area contributed by atoms with E-state index in [9.17, 15) is 4.79 Å². The lowest BCUT2D eigenvalue weighted by molar-refractivity contribution is -0.138. The van der Waals surface area contributed by atoms with E-state index in [1.54, 1.807) is 13.8 Å². The Morgan fingerprint density at radius 1 is 1.75 bits per heavy atom. The average molecular weight is 115 g/mol. The maximum Gasteiger partial charge on any atom is 0.348 e. The first kappa shape index (κ1) is 7.14. The summed E-state index contributed by atoms with van der Waals surface area (Å²) in [6.07, 6.45) is 0.532. The van der Waals surface area contributed by atoms with Crippen LogP contribution in [0.3, 0.4) is 0 Å². The highest BCUT2D eigenvalue weighted by molar-refractivity contribution is 6.21. The standard InChI is InChI=1S/C5H9NO2/c1-4(2)8-5(7)3-6/h3-4,6H,1-2H3. The number of carbonyl (C=O) groups is 1. The molecule has 0 aromatic rings. The number of esters is 1. The summed E-state index contributed by atoms with van der Waals surface area (Å²) in [5.74, 6) is -0.583. The molecule has 0 atom stereocenters. The van der Waals surface area contributed by atoms with Gasteiger partial charge in [-0.05, 0) is 13.8 Å². The summed E-state index contributed by atoms with van der Waals surface area (Å²) in [5.41, 5.74) is 0. The molecule has 0 saturated carbocycles. The van der Waals surface area contributed by atoms with Gasteiger partial charge in [0.25, 0.3) is 0 Å². The molecular weight excluding hydrogens is 106 g/mol. The molecule has 0 spiro atoms. The second kappa shape index (κ2) is 3.18. The number of hydrogen-bond acceptors (Lipinski definition) is 3. The van der Waals surface area contributed by atoms with Crippen molar-refractivity contribution in [3.05, 3.63) is 0 Å². The van der Waals surface area contributed by atoms with Gasteiger partial charge < -0.3 is 10.1 Å². The molecule has 3 heteroatoms. The van der Waals surface area contributed by atoms with Crippen LogP contribution in [0.5, 0.6) is 0 Å². The van der Waals surface area contributed by atoms with E-state index in [-0.39, 0.29) is 6.10 Å². The van der Waals surface area contributed by atoms with E-state index in [1.807, 2.05) is 0 Å². The summed E-state index contributed by atoms with van der Waals surface area (Å²) < 4.78 is 4.52. The summed E-state index contributed by atoms with van der Waals surface area (Å²) in [7, 11) is 0. The highest BCUT2D eigenvalue weighted by Crippen LogP contribution is 1.84. The van der Waals surface area contributed by atoms with Crippen molar-refractivity contribution >= 4 is 12.2 Å². The molecular formula is C5H9NO2. The predicted octanol–water partition coefficient (Wildman–Crippen LogP) is 0.588. The van der Waals surface area contributed by atoms with Crippen LogP contribution >= 0.6 is 0 Å². The first-order valence-corrected chi connectivity index (χ1v) is 2.38. The third-order valence-electron chi connectivity index (χ3n) is 0.470. The monoisotopic (exact) mass is 115 g/mol. The largest absolute Gasteiger partial charge is 0.459 e. The Hall–Kier alpha value is -0.860. The van der Waals surface area contributed by atoms with E-state index >= 15 is 0 Å². The zero-order valence-electron chi connectivity index (χ0n) is 4.97. The van der Waals surface area contributed by atoms with Crippen molar-refractivity contribution in [2.24, 2.45) is 0 Å². The third-order valence-corrected chi connectivity index (χ3v) is 0.470. The maximum absolute atomic E-state index is 10.2. The Bertz CT molecular complexity index is 98.6. The van der Waals surface area contributed by atoms with Crippen LogP contribution < -0.4 is 0 Å². The number of nitrogens with one attached hydrogen (secondary N) is 1. The van der Waals surface area contributed by atoms with Crippen LogP contribution in [0.1, 0.15) is 13.8 Å². The second-order valence-electron chi connectivity index (χ2n) is 1.63. The van der Waals surface area contributed by atoms with Crippen LogP contribution in [-0.2, 0) is 9.53 Å². The molecule has 1 N–H and O–H groups in total. The zero-order chi connectivity index (χ0) is 6.57. The highest BCUT2D eigenvalue weighted by Gasteiger charge is 1.97. The van der Waals surface area contributed by atoms with Crippen molar-refractivity contribution < 1.29 is 9.53 Å². The van der Waals surface area contributed by atoms with E-state index in [4.69, 9.17) is 5.41 Å². The van der Waals surface area contributed by atoms with Crippen LogP contribution in [0.25, 0.3) is 0 Å². The van der Waals surface area contributed by atoms with Gasteiger partial charge in [0.1, 0.15) is 6.21 Å². The van der Waals surface area contributed by atoms with Crippen LogP contribution in [0.2, 0.25) is 0 Å². The summed E-state index contributed by atoms with van der Waals surface area (Å²) >= 11 is 0. The molecule has 0 radical (unpaired) electrons. The van der Waals surface area contributed by atoms with Gasteiger partial charge in [-0.2, -0.15) is 0 Å². The Morgan fingerprint density at radius 2 is 2.25 bits per heavy atom. The first-order valence-electron chi connectivity index (χ1n) is 2.38. The molecule has 0 heterocycles. The number of carbonyl (C=O) groups excluding carboxylic acids is 1. The molecule has 8 heavy (non-hydrogen) atoms. The molecule has 0 amide bonds. The van der Waals surface area contributed by atoms with Crippen molar-refractivity contribution in [1.82, 2.24) is 0 Å². The highest BCUT2D eigenvalue weighted by atomic mass is 16.5. The quantitative estimate of drug-likeness (QED) is 0.423. The molecule has 0 saturated heterocycles. The molecule has 3 nitrogen and oxygen atoms in total. The van der Waals surface area contributed by atoms with E-state index in [1.165, 1.54) is 0 Å². The van der Waals surface area contributed by atoms with Gasteiger partial charge in [-0.15, -0.1) is 0 Å². The van der Waals surface area contributed by atoms with E-state index in [0.717, 1.165) is 0 Å². The first-order chi connectivity index (χ1) is 3.66. The van der Waals surface area contributed by atoms with Crippen molar-refractivity contribution in [3.8, 4) is 0 Å². The van der Waals surface area contributed by atoms with Gasteiger partial charge in [-0.3, -0.25) is 0 Å². The summed E-state index contributed by atoms with van der Waals surface area (Å²) in [6.45, 7) is 3.48. The number of ether oxygens (including phenoxy) is 1. The minimum Gasteiger partial charge on any atom is -0.459 e. The van der Waals surface area contributed by atoms with Crippen molar-refractivity contribution in [2.75, 3.05) is 0 Å². The Morgan fingerprint density at radius 3 is 2.38 bits per heavy atom. The van der Waals surface area contributed by atoms with Crippen LogP contribution in [0.4, 0.5) is 0 Å². The molecule has 0 fully saturated rings. The fraction of sp³-hybridized carbons (Fsp3) is 0.600. The molecule has 0 rings (SSSR count). The van der Waals surface area contributed by atoms with Crippen LogP contribution in [0.15, 0.2) is 0 Å². The van der Waals surface area contributed by atoms with Crippen molar-refractivity contribution in [1.29, 1.82) is 5.41 Å². The molecule has 0 aliphatic rings. The van der Waals surface area contributed by atoms with Gasteiger partial charge in [-0.25, -0.2) is 4.79 Å². The summed E-state index contributed by atoms with van der Waals surface area (Å²) in [4.78, 5) is 10.2. The smallest absolute Gasteiger partial charge is 0.348 e. The molecule has 0 aromatic heterocycles. The van der Waals surface area contributed by atoms with Gasteiger partial charge in [0.05, 0.1) is 6.10 Å². The third kappa shape index (κ3) is 3.33.